The van der Waals surface area contributed by atoms with Crippen LogP contribution in [-0.2, 0) is 4.79 Å². The van der Waals surface area contributed by atoms with E-state index in [1.54, 1.807) is 55.7 Å². The van der Waals surface area contributed by atoms with Crippen molar-refractivity contribution in [2.24, 2.45) is 10.8 Å². The zero-order valence-corrected chi connectivity index (χ0v) is 17.5. The van der Waals surface area contributed by atoms with E-state index in [0.717, 1.165) is 11.3 Å². The Hall–Kier alpha value is -3.58. The number of halogens is 1. The van der Waals surface area contributed by atoms with Crippen molar-refractivity contribution in [1.82, 2.24) is 5.01 Å². The second-order valence-corrected chi connectivity index (χ2v) is 7.72. The number of rotatable bonds is 6. The minimum Gasteiger partial charge on any atom is -0.467 e. The predicted octanol–water partition coefficient (Wildman–Crippen LogP) is 4.21. The van der Waals surface area contributed by atoms with Crippen molar-refractivity contribution < 1.29 is 14.0 Å². The minimum absolute atomic E-state index is 0.204. The van der Waals surface area contributed by atoms with E-state index in [1.807, 2.05) is 18.2 Å². The molecule has 2 amide bonds. The number of hydrogen-bond donors (Lipinski definition) is 2. The van der Waals surface area contributed by atoms with Gasteiger partial charge < -0.3 is 15.5 Å². The molecule has 7 nitrogen and oxygen atoms in total. The second-order valence-electron chi connectivity index (χ2n) is 7.28. The molecular formula is C23H21ClN4O3. The van der Waals surface area contributed by atoms with Crippen molar-refractivity contribution in [3.63, 3.8) is 0 Å². The topological polar surface area (TPSA) is 101 Å². The first kappa shape index (κ1) is 20.7. The molecule has 1 aliphatic heterocycles. The van der Waals surface area contributed by atoms with Gasteiger partial charge in [0.2, 0.25) is 5.91 Å². The highest BCUT2D eigenvalue weighted by molar-refractivity contribution is 6.30. The highest BCUT2D eigenvalue weighted by atomic mass is 35.5. The van der Waals surface area contributed by atoms with E-state index in [0.29, 0.717) is 28.5 Å². The molecule has 0 fully saturated rings. The molecule has 8 heteroatoms. The summed E-state index contributed by atoms with van der Waals surface area (Å²) >= 11 is 6.00. The number of nitrogens with zero attached hydrogens (tertiary/aromatic N) is 2. The fraction of sp³-hybridized carbons (Fsp3) is 0.174. The number of nitrogens with two attached hydrogens (primary N) is 1. The highest BCUT2D eigenvalue weighted by Crippen LogP contribution is 2.34. The van der Waals surface area contributed by atoms with Gasteiger partial charge >= 0.3 is 0 Å². The molecule has 31 heavy (non-hydrogen) atoms. The lowest BCUT2D eigenvalue weighted by atomic mass is 10.0. The molecule has 2 heterocycles. The monoisotopic (exact) mass is 436 g/mol. The summed E-state index contributed by atoms with van der Waals surface area (Å²) in [6.07, 6.45) is 2.11. The number of primary amides is 1. The number of hydrazone groups is 1. The number of anilines is 1. The van der Waals surface area contributed by atoms with E-state index in [2.05, 4.69) is 10.4 Å². The number of hydrogen-bond acceptors (Lipinski definition) is 5. The standard InChI is InChI=1S/C23H21ClN4O3/c1-14(26-18-10-6-16(7-11-18)22(25)29)23(30)28-20(21-3-2-12-31-21)13-19(27-28)15-4-8-17(24)9-5-15/h2-12,14,20,26H,13H2,1H3,(H2,25,29)/t14-,20-/m0/s1. The van der Waals surface area contributed by atoms with Crippen molar-refractivity contribution in [3.8, 4) is 0 Å². The van der Waals surface area contributed by atoms with Gasteiger partial charge in [-0.25, -0.2) is 5.01 Å². The summed E-state index contributed by atoms with van der Waals surface area (Å²) in [4.78, 5) is 24.5. The maximum atomic E-state index is 13.3. The maximum absolute atomic E-state index is 13.3. The molecule has 0 aliphatic carbocycles. The van der Waals surface area contributed by atoms with Crippen LogP contribution in [0.3, 0.4) is 0 Å². The fourth-order valence-electron chi connectivity index (χ4n) is 3.47. The number of furan rings is 1. The SMILES string of the molecule is C[C@H](Nc1ccc(C(N)=O)cc1)C(=O)N1N=C(c2ccc(Cl)cc2)C[C@H]1c1ccco1. The third-order valence-electron chi connectivity index (χ3n) is 5.11. The maximum Gasteiger partial charge on any atom is 0.265 e. The average molecular weight is 437 g/mol. The van der Waals surface area contributed by atoms with Gasteiger partial charge in [0.15, 0.2) is 0 Å². The molecular weight excluding hydrogens is 416 g/mol. The van der Waals surface area contributed by atoms with Gasteiger partial charge in [-0.05, 0) is 61.0 Å². The lowest BCUT2D eigenvalue weighted by molar-refractivity contribution is -0.133. The van der Waals surface area contributed by atoms with Crippen LogP contribution in [0.2, 0.25) is 5.02 Å². The minimum atomic E-state index is -0.565. The number of benzene rings is 2. The number of carbonyl (C=O) groups is 2. The van der Waals surface area contributed by atoms with E-state index in [4.69, 9.17) is 21.8 Å². The fourth-order valence-corrected chi connectivity index (χ4v) is 3.60. The normalized spacial score (nSPS) is 16.6. The summed E-state index contributed by atoms with van der Waals surface area (Å²) in [7, 11) is 0. The Balaban J connectivity index is 1.56. The van der Waals surface area contributed by atoms with Crippen LogP contribution in [0.5, 0.6) is 0 Å². The molecule has 0 unspecified atom stereocenters. The van der Waals surface area contributed by atoms with Crippen LogP contribution < -0.4 is 11.1 Å². The molecule has 0 radical (unpaired) electrons. The molecule has 3 N–H and O–H groups in total. The lowest BCUT2D eigenvalue weighted by Crippen LogP contribution is -2.38. The van der Waals surface area contributed by atoms with Crippen molar-refractivity contribution in [2.45, 2.75) is 25.4 Å². The molecule has 158 valence electrons. The molecule has 2 atom stereocenters. The van der Waals surface area contributed by atoms with Gasteiger partial charge in [-0.3, -0.25) is 9.59 Å². The predicted molar refractivity (Wildman–Crippen MR) is 119 cm³/mol. The Morgan fingerprint density at radius 3 is 2.48 bits per heavy atom. The van der Waals surface area contributed by atoms with Gasteiger partial charge in [0.1, 0.15) is 17.8 Å². The van der Waals surface area contributed by atoms with Crippen LogP contribution in [0.1, 0.15) is 41.1 Å². The molecule has 0 saturated heterocycles. The summed E-state index contributed by atoms with van der Waals surface area (Å²) in [5.74, 6) is -0.0403. The quantitative estimate of drug-likeness (QED) is 0.604. The van der Waals surface area contributed by atoms with Crippen molar-refractivity contribution in [2.75, 3.05) is 5.32 Å². The van der Waals surface area contributed by atoms with E-state index in [1.165, 1.54) is 5.01 Å². The average Bonchev–Trinajstić information content (AvgIpc) is 3.44. The molecule has 0 spiro atoms. The highest BCUT2D eigenvalue weighted by Gasteiger charge is 2.36. The number of nitrogens with one attached hydrogen (secondary N) is 1. The van der Waals surface area contributed by atoms with Crippen LogP contribution in [0.15, 0.2) is 76.4 Å². The van der Waals surface area contributed by atoms with E-state index < -0.39 is 11.9 Å². The van der Waals surface area contributed by atoms with Crippen LogP contribution in [-0.4, -0.2) is 28.6 Å². The third kappa shape index (κ3) is 4.46. The molecule has 2 aromatic carbocycles. The molecule has 4 rings (SSSR count). The summed E-state index contributed by atoms with van der Waals surface area (Å²) in [6.45, 7) is 1.76. The molecule has 1 aliphatic rings. The van der Waals surface area contributed by atoms with Crippen LogP contribution >= 0.6 is 11.6 Å². The lowest BCUT2D eigenvalue weighted by Gasteiger charge is -2.24. The van der Waals surface area contributed by atoms with Gasteiger partial charge in [0.25, 0.3) is 5.91 Å². The first-order chi connectivity index (χ1) is 14.9. The second kappa shape index (κ2) is 8.65. The number of amides is 2. The van der Waals surface area contributed by atoms with Crippen LogP contribution in [0, 0.1) is 0 Å². The van der Waals surface area contributed by atoms with Crippen molar-refractivity contribution >= 4 is 34.8 Å². The van der Waals surface area contributed by atoms with Crippen LogP contribution in [0.4, 0.5) is 5.69 Å². The van der Waals surface area contributed by atoms with Gasteiger partial charge in [-0.2, -0.15) is 5.10 Å². The summed E-state index contributed by atoms with van der Waals surface area (Å²) in [5.41, 5.74) is 8.06. The zero-order valence-electron chi connectivity index (χ0n) is 16.8. The summed E-state index contributed by atoms with van der Waals surface area (Å²) < 4.78 is 5.58. The van der Waals surface area contributed by atoms with Gasteiger partial charge in [0, 0.05) is 22.7 Å². The smallest absolute Gasteiger partial charge is 0.265 e. The Bertz CT molecular complexity index is 1110. The summed E-state index contributed by atoms with van der Waals surface area (Å²) in [5, 5.41) is 9.88. The first-order valence-electron chi connectivity index (χ1n) is 9.78. The Morgan fingerprint density at radius 1 is 1.16 bits per heavy atom. The molecule has 0 saturated carbocycles. The Labute approximate surface area is 184 Å². The van der Waals surface area contributed by atoms with Gasteiger partial charge in [0.05, 0.1) is 12.0 Å². The van der Waals surface area contributed by atoms with Crippen LogP contribution in [0.25, 0.3) is 0 Å². The Morgan fingerprint density at radius 2 is 1.87 bits per heavy atom. The molecule has 1 aromatic heterocycles. The van der Waals surface area contributed by atoms with Crippen molar-refractivity contribution in [3.05, 3.63) is 88.8 Å². The molecule has 0 bridgehead atoms. The zero-order chi connectivity index (χ0) is 22.0. The van der Waals surface area contributed by atoms with Crippen molar-refractivity contribution in [1.29, 1.82) is 0 Å². The largest absolute Gasteiger partial charge is 0.467 e. The number of carbonyl (C=O) groups excluding carboxylic acids is 2. The Kier molecular flexibility index (Phi) is 5.77. The van der Waals surface area contributed by atoms with Gasteiger partial charge in [-0.1, -0.05) is 23.7 Å². The van der Waals surface area contributed by atoms with E-state index in [-0.39, 0.29) is 11.9 Å². The van der Waals surface area contributed by atoms with E-state index >= 15 is 0 Å². The van der Waals surface area contributed by atoms with Gasteiger partial charge in [-0.15, -0.1) is 0 Å². The molecule has 3 aromatic rings. The summed E-state index contributed by atoms with van der Waals surface area (Å²) in [6, 6.07) is 16.7. The first-order valence-corrected chi connectivity index (χ1v) is 10.2. The van der Waals surface area contributed by atoms with E-state index in [9.17, 15) is 9.59 Å². The third-order valence-corrected chi connectivity index (χ3v) is 5.36.